The molecule has 0 bridgehead atoms. The number of Topliss-reactive ketones (excluding diaryl/α,β-unsaturated/α-hetero) is 2. The highest BCUT2D eigenvalue weighted by atomic mass is 16.1. The van der Waals surface area contributed by atoms with Crippen LogP contribution in [0.2, 0.25) is 0 Å². The summed E-state index contributed by atoms with van der Waals surface area (Å²) in [6, 6.07) is 27.8. The van der Waals surface area contributed by atoms with Crippen LogP contribution < -0.4 is 0 Å². The van der Waals surface area contributed by atoms with Gasteiger partial charge in [-0.2, -0.15) is 0 Å². The summed E-state index contributed by atoms with van der Waals surface area (Å²) in [5.41, 5.74) is 5.64. The van der Waals surface area contributed by atoms with Crippen LogP contribution in [0.3, 0.4) is 0 Å². The third-order valence-electron chi connectivity index (χ3n) is 5.01. The average Bonchev–Trinajstić information content (AvgIpc) is 2.76. The molecule has 0 spiro atoms. The molecule has 0 aliphatic heterocycles. The molecule has 0 fully saturated rings. The van der Waals surface area contributed by atoms with Crippen LogP contribution in [-0.2, 0) is 9.59 Å². The first-order valence-corrected chi connectivity index (χ1v) is 9.54. The molecule has 0 saturated heterocycles. The van der Waals surface area contributed by atoms with Crippen molar-refractivity contribution in [2.24, 2.45) is 0 Å². The second kappa shape index (κ2) is 8.07. The zero-order valence-electron chi connectivity index (χ0n) is 16.1. The van der Waals surface area contributed by atoms with Crippen LogP contribution in [-0.4, -0.2) is 11.6 Å². The Morgan fingerprint density at radius 3 is 1.90 bits per heavy atom. The topological polar surface area (TPSA) is 34.1 Å². The lowest BCUT2D eigenvalue weighted by Gasteiger charge is -2.17. The van der Waals surface area contributed by atoms with Gasteiger partial charge in [0.15, 0.2) is 11.6 Å². The standard InChI is InChI=1S/C27H20O2/c1-19(28)26-18-22-14-8-9-15-24(22)25(27(26)29)17-16-23(20-10-4-2-5-11-20)21-12-6-3-7-13-21/h2-18H,1H3/b25-17+. The molecule has 2 heteroatoms. The molecule has 0 radical (unpaired) electrons. The van der Waals surface area contributed by atoms with E-state index in [1.165, 1.54) is 6.92 Å². The summed E-state index contributed by atoms with van der Waals surface area (Å²) in [6.07, 6.45) is 5.50. The Kier molecular flexibility index (Phi) is 5.17. The molecule has 0 unspecified atom stereocenters. The van der Waals surface area contributed by atoms with Crippen LogP contribution in [0.4, 0.5) is 0 Å². The maximum Gasteiger partial charge on any atom is 0.197 e. The molecule has 140 valence electrons. The summed E-state index contributed by atoms with van der Waals surface area (Å²) in [4.78, 5) is 25.0. The van der Waals surface area contributed by atoms with Crippen LogP contribution in [0, 0.1) is 0 Å². The summed E-state index contributed by atoms with van der Waals surface area (Å²) in [5.74, 6) is -0.446. The van der Waals surface area contributed by atoms with E-state index in [9.17, 15) is 9.59 Å². The summed E-state index contributed by atoms with van der Waals surface area (Å²) in [5, 5.41) is 0. The maximum absolute atomic E-state index is 13.0. The zero-order chi connectivity index (χ0) is 20.2. The number of hydrogen-bond acceptors (Lipinski definition) is 2. The van der Waals surface area contributed by atoms with Crippen LogP contribution in [0.25, 0.3) is 17.2 Å². The molecule has 0 N–H and O–H groups in total. The van der Waals surface area contributed by atoms with Gasteiger partial charge in [0.2, 0.25) is 0 Å². The van der Waals surface area contributed by atoms with Gasteiger partial charge in [-0.15, -0.1) is 0 Å². The van der Waals surface area contributed by atoms with Gasteiger partial charge in [0.1, 0.15) is 0 Å². The van der Waals surface area contributed by atoms with E-state index >= 15 is 0 Å². The molecule has 4 rings (SSSR count). The van der Waals surface area contributed by atoms with Crippen molar-refractivity contribution in [2.75, 3.05) is 0 Å². The van der Waals surface area contributed by atoms with Gasteiger partial charge in [0.25, 0.3) is 0 Å². The Labute approximate surface area is 170 Å². The molecule has 0 amide bonds. The minimum absolute atomic E-state index is 0.217. The average molecular weight is 376 g/mol. The molecule has 1 aliphatic rings. The zero-order valence-corrected chi connectivity index (χ0v) is 16.1. The van der Waals surface area contributed by atoms with E-state index in [2.05, 4.69) is 24.3 Å². The van der Waals surface area contributed by atoms with E-state index < -0.39 is 0 Å². The molecule has 3 aromatic carbocycles. The summed E-state index contributed by atoms with van der Waals surface area (Å²) >= 11 is 0. The Morgan fingerprint density at radius 1 is 0.759 bits per heavy atom. The molecule has 0 atom stereocenters. The quantitative estimate of drug-likeness (QED) is 0.429. The van der Waals surface area contributed by atoms with Crippen LogP contribution in [0.5, 0.6) is 0 Å². The van der Waals surface area contributed by atoms with Gasteiger partial charge in [-0.1, -0.05) is 91.0 Å². The SMILES string of the molecule is CC(=O)C1=Cc2ccccc2/C(=C\C=C(c2ccccc2)c2ccccc2)C1=O. The van der Waals surface area contributed by atoms with E-state index in [4.69, 9.17) is 0 Å². The molecular formula is C27H20O2. The highest BCUT2D eigenvalue weighted by Crippen LogP contribution is 2.32. The van der Waals surface area contributed by atoms with Crippen molar-refractivity contribution in [3.8, 4) is 0 Å². The fourth-order valence-corrected chi connectivity index (χ4v) is 3.54. The first kappa shape index (κ1) is 18.6. The number of ketones is 2. The van der Waals surface area contributed by atoms with Gasteiger partial charge in [-0.05, 0) is 46.9 Å². The van der Waals surface area contributed by atoms with E-state index in [-0.39, 0.29) is 17.1 Å². The molecular weight excluding hydrogens is 356 g/mol. The largest absolute Gasteiger partial charge is 0.294 e. The maximum atomic E-state index is 13.0. The number of hydrogen-bond donors (Lipinski definition) is 0. The van der Waals surface area contributed by atoms with Crippen molar-refractivity contribution in [1.82, 2.24) is 0 Å². The summed E-state index contributed by atoms with van der Waals surface area (Å²) < 4.78 is 0. The van der Waals surface area contributed by atoms with Crippen LogP contribution >= 0.6 is 0 Å². The van der Waals surface area contributed by atoms with Crippen molar-refractivity contribution in [3.63, 3.8) is 0 Å². The van der Waals surface area contributed by atoms with E-state index in [1.807, 2.05) is 72.8 Å². The minimum Gasteiger partial charge on any atom is -0.294 e. The number of rotatable bonds is 4. The third kappa shape index (κ3) is 3.78. The van der Waals surface area contributed by atoms with Crippen molar-refractivity contribution < 1.29 is 9.59 Å². The fraction of sp³-hybridized carbons (Fsp3) is 0.0370. The van der Waals surface area contributed by atoms with Crippen molar-refractivity contribution in [3.05, 3.63) is 125 Å². The molecule has 29 heavy (non-hydrogen) atoms. The van der Waals surface area contributed by atoms with Crippen LogP contribution in [0.15, 0.2) is 103 Å². The monoisotopic (exact) mass is 376 g/mol. The molecule has 0 heterocycles. The van der Waals surface area contributed by atoms with Crippen molar-refractivity contribution in [1.29, 1.82) is 0 Å². The summed E-state index contributed by atoms with van der Waals surface area (Å²) in [7, 11) is 0. The minimum atomic E-state index is -0.229. The molecule has 0 saturated carbocycles. The van der Waals surface area contributed by atoms with E-state index in [0.717, 1.165) is 27.8 Å². The van der Waals surface area contributed by atoms with Gasteiger partial charge in [0.05, 0.1) is 5.57 Å². The number of carbonyl (C=O) groups is 2. The fourth-order valence-electron chi connectivity index (χ4n) is 3.54. The third-order valence-corrected chi connectivity index (χ3v) is 5.01. The van der Waals surface area contributed by atoms with E-state index in [1.54, 1.807) is 6.08 Å². The van der Waals surface area contributed by atoms with Gasteiger partial charge in [-0.3, -0.25) is 9.59 Å². The van der Waals surface area contributed by atoms with Crippen molar-refractivity contribution >= 4 is 28.8 Å². The molecule has 3 aromatic rings. The Balaban J connectivity index is 1.88. The first-order chi connectivity index (χ1) is 14.1. The second-order valence-corrected chi connectivity index (χ2v) is 6.92. The van der Waals surface area contributed by atoms with Gasteiger partial charge < -0.3 is 0 Å². The van der Waals surface area contributed by atoms with Gasteiger partial charge in [0, 0.05) is 5.57 Å². The number of allylic oxidation sites excluding steroid dienone is 4. The molecule has 1 aliphatic carbocycles. The molecule has 2 nitrogen and oxygen atoms in total. The van der Waals surface area contributed by atoms with Gasteiger partial charge >= 0.3 is 0 Å². The predicted molar refractivity (Wildman–Crippen MR) is 118 cm³/mol. The Bertz CT molecular complexity index is 1120. The van der Waals surface area contributed by atoms with E-state index in [0.29, 0.717) is 5.57 Å². The second-order valence-electron chi connectivity index (χ2n) is 6.92. The van der Waals surface area contributed by atoms with Crippen LogP contribution in [0.1, 0.15) is 29.2 Å². The summed E-state index contributed by atoms with van der Waals surface area (Å²) in [6.45, 7) is 1.44. The highest BCUT2D eigenvalue weighted by Gasteiger charge is 2.25. The Hall–Kier alpha value is -3.78. The predicted octanol–water partition coefficient (Wildman–Crippen LogP) is 5.76. The lowest BCUT2D eigenvalue weighted by atomic mass is 9.84. The lowest BCUT2D eigenvalue weighted by molar-refractivity contribution is -0.117. The number of fused-ring (bicyclic) bond motifs is 1. The van der Waals surface area contributed by atoms with Gasteiger partial charge in [-0.25, -0.2) is 0 Å². The number of carbonyl (C=O) groups excluding carboxylic acids is 2. The first-order valence-electron chi connectivity index (χ1n) is 9.54. The lowest BCUT2D eigenvalue weighted by Crippen LogP contribution is -2.16. The smallest absolute Gasteiger partial charge is 0.197 e. The molecule has 0 aromatic heterocycles. The normalized spacial score (nSPS) is 14.2. The van der Waals surface area contributed by atoms with Crippen molar-refractivity contribution in [2.45, 2.75) is 6.92 Å². The highest BCUT2D eigenvalue weighted by molar-refractivity contribution is 6.41. The Morgan fingerprint density at radius 2 is 1.31 bits per heavy atom. The number of benzene rings is 3.